The molecule has 1 aliphatic rings. The van der Waals surface area contributed by atoms with Crippen molar-refractivity contribution in [2.75, 3.05) is 20.2 Å². The van der Waals surface area contributed by atoms with Crippen molar-refractivity contribution in [1.29, 1.82) is 0 Å². The van der Waals surface area contributed by atoms with Crippen molar-refractivity contribution >= 4 is 23.0 Å². The molecule has 5 heteroatoms. The predicted octanol–water partition coefficient (Wildman–Crippen LogP) is 1.81. The highest BCUT2D eigenvalue weighted by Crippen LogP contribution is 2.38. The Morgan fingerprint density at radius 3 is 2.94 bits per heavy atom. The third kappa shape index (κ3) is 2.04. The zero-order chi connectivity index (χ0) is 13.3. The van der Waals surface area contributed by atoms with Crippen LogP contribution in [0.2, 0.25) is 0 Å². The van der Waals surface area contributed by atoms with Gasteiger partial charge in [-0.1, -0.05) is 6.58 Å². The highest BCUT2D eigenvalue weighted by molar-refractivity contribution is 7.13. The molecule has 1 saturated heterocycles. The fourth-order valence-corrected chi connectivity index (χ4v) is 3.08. The Bertz CT molecular complexity index is 482. The maximum atomic E-state index is 12.0. The number of thiophene rings is 1. The Labute approximate surface area is 110 Å². The van der Waals surface area contributed by atoms with E-state index in [0.717, 1.165) is 4.88 Å². The fourth-order valence-electron chi connectivity index (χ4n) is 2.04. The summed E-state index contributed by atoms with van der Waals surface area (Å²) in [5.41, 5.74) is -1.37. The minimum atomic E-state index is -1.37. The Balaban J connectivity index is 2.25. The van der Waals surface area contributed by atoms with Crippen molar-refractivity contribution in [3.63, 3.8) is 0 Å². The zero-order valence-electron chi connectivity index (χ0n) is 10.6. The molecule has 0 saturated carbocycles. The smallest absolute Gasteiger partial charge is 0.259 e. The third-order valence-corrected chi connectivity index (χ3v) is 4.39. The van der Waals surface area contributed by atoms with Crippen molar-refractivity contribution in [3.8, 4) is 0 Å². The molecular formula is C13H17NO3S. The van der Waals surface area contributed by atoms with E-state index in [4.69, 9.17) is 4.74 Å². The quantitative estimate of drug-likeness (QED) is 0.846. The second-order valence-corrected chi connectivity index (χ2v) is 5.44. The second-order valence-electron chi connectivity index (χ2n) is 4.36. The van der Waals surface area contributed by atoms with Crippen LogP contribution in [0.3, 0.4) is 0 Å². The van der Waals surface area contributed by atoms with Gasteiger partial charge in [0.25, 0.3) is 5.91 Å². The highest BCUT2D eigenvalue weighted by Gasteiger charge is 2.46. The van der Waals surface area contributed by atoms with E-state index in [1.165, 1.54) is 11.3 Å². The molecule has 1 unspecified atom stereocenters. The van der Waals surface area contributed by atoms with Crippen molar-refractivity contribution in [3.05, 3.63) is 28.5 Å². The predicted molar refractivity (Wildman–Crippen MR) is 71.1 cm³/mol. The van der Waals surface area contributed by atoms with Crippen LogP contribution in [-0.2, 0) is 15.1 Å². The summed E-state index contributed by atoms with van der Waals surface area (Å²) in [5.74, 6) is 0.342. The summed E-state index contributed by atoms with van der Waals surface area (Å²) < 4.78 is 5.32. The largest absolute Gasteiger partial charge is 0.493 e. The van der Waals surface area contributed by atoms with Crippen LogP contribution in [0.15, 0.2) is 18.7 Å². The Hall–Kier alpha value is -1.33. The van der Waals surface area contributed by atoms with Gasteiger partial charge in [0, 0.05) is 24.9 Å². The second kappa shape index (κ2) is 4.74. The van der Waals surface area contributed by atoms with Crippen molar-refractivity contribution in [1.82, 2.24) is 4.90 Å². The molecule has 1 aromatic heterocycles. The first-order valence-corrected chi connectivity index (χ1v) is 6.71. The van der Waals surface area contributed by atoms with E-state index in [1.807, 2.05) is 13.0 Å². The van der Waals surface area contributed by atoms with Crippen molar-refractivity contribution in [2.24, 2.45) is 0 Å². The molecule has 0 bridgehead atoms. The summed E-state index contributed by atoms with van der Waals surface area (Å²) in [7, 11) is 1.70. The SMILES string of the molecule is C=C(OCC)c1ccc(C2(O)CCN(C)C2=O)s1. The van der Waals surface area contributed by atoms with E-state index >= 15 is 0 Å². The van der Waals surface area contributed by atoms with Gasteiger partial charge in [0.15, 0.2) is 5.60 Å². The van der Waals surface area contributed by atoms with Crippen molar-refractivity contribution in [2.45, 2.75) is 18.9 Å². The monoisotopic (exact) mass is 267 g/mol. The van der Waals surface area contributed by atoms with E-state index in [2.05, 4.69) is 6.58 Å². The highest BCUT2D eigenvalue weighted by atomic mass is 32.1. The summed E-state index contributed by atoms with van der Waals surface area (Å²) in [6, 6.07) is 3.61. The minimum Gasteiger partial charge on any atom is -0.493 e. The van der Waals surface area contributed by atoms with Gasteiger partial charge in [0.2, 0.25) is 0 Å². The van der Waals surface area contributed by atoms with E-state index in [-0.39, 0.29) is 5.91 Å². The standard InChI is InChI=1S/C13H17NO3S/c1-4-17-9(2)10-5-6-11(18-10)13(16)7-8-14(3)12(13)15/h5-6,16H,2,4,7-8H2,1,3H3. The molecule has 0 aromatic carbocycles. The van der Waals surface area contributed by atoms with E-state index in [0.29, 0.717) is 30.2 Å². The molecule has 2 rings (SSSR count). The number of likely N-dealkylation sites (tertiary alicyclic amines) is 1. The first-order chi connectivity index (χ1) is 8.49. The van der Waals surface area contributed by atoms with Gasteiger partial charge in [-0.3, -0.25) is 4.79 Å². The molecule has 2 heterocycles. The molecule has 1 aromatic rings. The molecule has 1 atom stereocenters. The van der Waals surface area contributed by atoms with Gasteiger partial charge in [-0.25, -0.2) is 0 Å². The molecule has 1 amide bonds. The first-order valence-electron chi connectivity index (χ1n) is 5.89. The Morgan fingerprint density at radius 1 is 1.67 bits per heavy atom. The molecule has 98 valence electrons. The van der Waals surface area contributed by atoms with Gasteiger partial charge in [0.1, 0.15) is 5.76 Å². The maximum absolute atomic E-state index is 12.0. The van der Waals surface area contributed by atoms with Crippen molar-refractivity contribution < 1.29 is 14.6 Å². The van der Waals surface area contributed by atoms with Gasteiger partial charge < -0.3 is 14.7 Å². The Morgan fingerprint density at radius 2 is 2.39 bits per heavy atom. The van der Waals surface area contributed by atoms with Gasteiger partial charge in [-0.05, 0) is 19.1 Å². The number of likely N-dealkylation sites (N-methyl/N-ethyl adjacent to an activating group) is 1. The van der Waals surface area contributed by atoms with Crippen LogP contribution in [0.25, 0.3) is 5.76 Å². The number of carbonyl (C=O) groups is 1. The number of ether oxygens (including phenoxy) is 1. The lowest BCUT2D eigenvalue weighted by molar-refractivity contribution is -0.142. The molecule has 0 aliphatic carbocycles. The average molecular weight is 267 g/mol. The van der Waals surface area contributed by atoms with Crippen LogP contribution in [-0.4, -0.2) is 36.1 Å². The summed E-state index contributed by atoms with van der Waals surface area (Å²) in [4.78, 5) is 15.0. The Kier molecular flexibility index (Phi) is 3.45. The molecule has 1 aliphatic heterocycles. The lowest BCUT2D eigenvalue weighted by atomic mass is 10.0. The molecule has 18 heavy (non-hydrogen) atoms. The summed E-state index contributed by atoms with van der Waals surface area (Å²) >= 11 is 1.36. The van der Waals surface area contributed by atoms with Crippen LogP contribution >= 0.6 is 11.3 Å². The van der Waals surface area contributed by atoms with Gasteiger partial charge in [0.05, 0.1) is 11.5 Å². The number of rotatable bonds is 4. The zero-order valence-corrected chi connectivity index (χ0v) is 11.4. The van der Waals surface area contributed by atoms with Gasteiger partial charge >= 0.3 is 0 Å². The molecule has 0 spiro atoms. The molecule has 4 nitrogen and oxygen atoms in total. The lowest BCUT2D eigenvalue weighted by Gasteiger charge is -2.18. The minimum absolute atomic E-state index is 0.238. The molecule has 0 radical (unpaired) electrons. The molecular weight excluding hydrogens is 250 g/mol. The first kappa shape index (κ1) is 13.1. The van der Waals surface area contributed by atoms with E-state index in [9.17, 15) is 9.90 Å². The number of hydrogen-bond acceptors (Lipinski definition) is 4. The molecule has 1 fully saturated rings. The van der Waals surface area contributed by atoms with Gasteiger partial charge in [-0.15, -0.1) is 11.3 Å². The number of carbonyl (C=O) groups excluding carboxylic acids is 1. The number of nitrogens with zero attached hydrogens (tertiary/aromatic N) is 1. The van der Waals surface area contributed by atoms with Crippen LogP contribution < -0.4 is 0 Å². The maximum Gasteiger partial charge on any atom is 0.259 e. The normalized spacial score (nSPS) is 23.5. The fraction of sp³-hybridized carbons (Fsp3) is 0.462. The van der Waals surface area contributed by atoms with Crippen LogP contribution in [0, 0.1) is 0 Å². The third-order valence-electron chi connectivity index (χ3n) is 3.12. The van der Waals surface area contributed by atoms with Crippen LogP contribution in [0.1, 0.15) is 23.1 Å². The average Bonchev–Trinajstić information content (AvgIpc) is 2.92. The van der Waals surface area contributed by atoms with Crippen LogP contribution in [0.5, 0.6) is 0 Å². The van der Waals surface area contributed by atoms with E-state index < -0.39 is 5.60 Å². The lowest BCUT2D eigenvalue weighted by Crippen LogP contribution is -2.35. The topological polar surface area (TPSA) is 49.8 Å². The van der Waals surface area contributed by atoms with E-state index in [1.54, 1.807) is 18.0 Å². The number of hydrogen-bond donors (Lipinski definition) is 1. The summed E-state index contributed by atoms with van der Waals surface area (Å²) in [6.07, 6.45) is 0.434. The summed E-state index contributed by atoms with van der Waals surface area (Å²) in [6.45, 7) is 6.85. The summed E-state index contributed by atoms with van der Waals surface area (Å²) in [5, 5.41) is 10.5. The van der Waals surface area contributed by atoms with Gasteiger partial charge in [-0.2, -0.15) is 0 Å². The number of amides is 1. The number of aliphatic hydroxyl groups is 1. The van der Waals surface area contributed by atoms with Crippen LogP contribution in [0.4, 0.5) is 0 Å². The molecule has 1 N–H and O–H groups in total.